The van der Waals surface area contributed by atoms with Gasteiger partial charge in [-0.15, -0.1) is 0 Å². The fourth-order valence-electron chi connectivity index (χ4n) is 1.22. The summed E-state index contributed by atoms with van der Waals surface area (Å²) in [6.07, 6.45) is 3.55. The van der Waals surface area contributed by atoms with Crippen LogP contribution >= 0.6 is 0 Å². The Morgan fingerprint density at radius 1 is 1.00 bits per heavy atom. The molecule has 0 unspecified atom stereocenters. The van der Waals surface area contributed by atoms with Crippen LogP contribution in [0.4, 0.5) is 0 Å². The smallest absolute Gasteiger partial charge is 0.0462 e. The summed E-state index contributed by atoms with van der Waals surface area (Å²) in [4.78, 5) is 0. The molecule has 0 amide bonds. The first-order chi connectivity index (χ1) is 6.93. The number of unbranched alkanes of at least 4 members (excludes halogenated alkanes) is 1. The Bertz CT molecular complexity index is 194. The van der Waals surface area contributed by atoms with Gasteiger partial charge in [0, 0.05) is 13.7 Å². The average Bonchev–Trinajstić information content (AvgIpc) is 2.29. The highest BCUT2D eigenvalue weighted by molar-refractivity contribution is 5.14. The van der Waals surface area contributed by atoms with Crippen LogP contribution in [-0.4, -0.2) is 13.7 Å². The van der Waals surface area contributed by atoms with Crippen LogP contribution in [0.3, 0.4) is 0 Å². The Kier molecular flexibility index (Phi) is 9.66. The Labute approximate surface area is 88.1 Å². The molecule has 1 nitrogen and oxygen atoms in total. The minimum atomic E-state index is 0.882. The lowest BCUT2D eigenvalue weighted by Gasteiger charge is -1.99. The predicted octanol–water partition coefficient (Wildman–Crippen LogP) is 3.68. The van der Waals surface area contributed by atoms with Gasteiger partial charge in [0.05, 0.1) is 0 Å². The van der Waals surface area contributed by atoms with E-state index < -0.39 is 0 Å². The summed E-state index contributed by atoms with van der Waals surface area (Å²) in [6.45, 7) is 4.88. The Morgan fingerprint density at radius 2 is 1.64 bits per heavy atom. The number of hydrogen-bond donors (Lipinski definition) is 0. The maximum atomic E-state index is 4.98. The van der Waals surface area contributed by atoms with Gasteiger partial charge in [-0.1, -0.05) is 44.2 Å². The predicted molar refractivity (Wildman–Crippen MR) is 62.6 cm³/mol. The molecule has 0 atom stereocenters. The summed E-state index contributed by atoms with van der Waals surface area (Å²) in [7, 11) is 1.75. The largest absolute Gasteiger partial charge is 0.385 e. The van der Waals surface area contributed by atoms with Crippen molar-refractivity contribution in [3.05, 3.63) is 35.9 Å². The number of hydrogen-bond acceptors (Lipinski definition) is 1. The molecule has 80 valence electrons. The molecule has 0 radical (unpaired) electrons. The maximum absolute atomic E-state index is 4.98. The Balaban J connectivity index is 0.000000791. The highest BCUT2D eigenvalue weighted by atomic mass is 16.5. The van der Waals surface area contributed by atoms with Crippen LogP contribution < -0.4 is 0 Å². The van der Waals surface area contributed by atoms with E-state index >= 15 is 0 Å². The van der Waals surface area contributed by atoms with Crippen LogP contribution in [0.2, 0.25) is 0 Å². The van der Waals surface area contributed by atoms with E-state index in [9.17, 15) is 0 Å². The van der Waals surface area contributed by atoms with E-state index in [1.807, 2.05) is 13.8 Å². The van der Waals surface area contributed by atoms with E-state index in [1.165, 1.54) is 18.4 Å². The van der Waals surface area contributed by atoms with Crippen LogP contribution in [0, 0.1) is 0 Å². The molecule has 0 N–H and O–H groups in total. The molecule has 0 aromatic heterocycles. The second-order valence-corrected chi connectivity index (χ2v) is 2.94. The molecule has 1 aromatic rings. The molecule has 1 aromatic carbocycles. The molecule has 0 saturated heterocycles. The minimum absolute atomic E-state index is 0.882. The molecule has 1 rings (SSSR count). The first-order valence-corrected chi connectivity index (χ1v) is 5.46. The summed E-state index contributed by atoms with van der Waals surface area (Å²) in [5.74, 6) is 0. The lowest BCUT2D eigenvalue weighted by atomic mass is 10.1. The number of rotatable bonds is 5. The first-order valence-electron chi connectivity index (χ1n) is 5.46. The molecule has 0 saturated carbocycles. The van der Waals surface area contributed by atoms with Gasteiger partial charge in [-0.2, -0.15) is 0 Å². The van der Waals surface area contributed by atoms with Gasteiger partial charge in [0.2, 0.25) is 0 Å². The highest BCUT2D eigenvalue weighted by Crippen LogP contribution is 2.03. The molecule has 0 bridgehead atoms. The van der Waals surface area contributed by atoms with Crippen LogP contribution in [0.1, 0.15) is 32.3 Å². The zero-order valence-corrected chi connectivity index (χ0v) is 9.62. The number of ether oxygens (including phenoxy) is 1. The molecule has 0 aliphatic heterocycles. The number of benzene rings is 1. The normalized spacial score (nSPS) is 9.07. The monoisotopic (exact) mass is 194 g/mol. The van der Waals surface area contributed by atoms with Crippen molar-refractivity contribution in [2.45, 2.75) is 33.1 Å². The van der Waals surface area contributed by atoms with Crippen LogP contribution in [0.5, 0.6) is 0 Å². The van der Waals surface area contributed by atoms with Crippen LogP contribution in [0.25, 0.3) is 0 Å². The van der Waals surface area contributed by atoms with Gasteiger partial charge in [-0.25, -0.2) is 0 Å². The van der Waals surface area contributed by atoms with Crippen molar-refractivity contribution >= 4 is 0 Å². The second-order valence-electron chi connectivity index (χ2n) is 2.94. The fourth-order valence-corrected chi connectivity index (χ4v) is 1.22. The van der Waals surface area contributed by atoms with E-state index in [4.69, 9.17) is 4.74 Å². The molecule has 14 heavy (non-hydrogen) atoms. The third-order valence-corrected chi connectivity index (χ3v) is 1.91. The van der Waals surface area contributed by atoms with Crippen molar-refractivity contribution < 1.29 is 4.74 Å². The molecule has 1 heteroatoms. The van der Waals surface area contributed by atoms with Crippen LogP contribution in [0.15, 0.2) is 30.3 Å². The van der Waals surface area contributed by atoms with Gasteiger partial charge in [0.1, 0.15) is 0 Å². The molecule has 0 spiro atoms. The third kappa shape index (κ3) is 6.67. The van der Waals surface area contributed by atoms with E-state index in [2.05, 4.69) is 30.3 Å². The lowest BCUT2D eigenvalue weighted by Crippen LogP contribution is -1.90. The van der Waals surface area contributed by atoms with E-state index in [-0.39, 0.29) is 0 Å². The summed E-state index contributed by atoms with van der Waals surface area (Å²) in [5, 5.41) is 0. The number of methoxy groups -OCH3 is 1. The Hall–Kier alpha value is -0.820. The molecule has 0 aliphatic rings. The average molecular weight is 194 g/mol. The van der Waals surface area contributed by atoms with Crippen molar-refractivity contribution in [2.75, 3.05) is 13.7 Å². The summed E-state index contributed by atoms with van der Waals surface area (Å²) in [5.41, 5.74) is 1.42. The Morgan fingerprint density at radius 3 is 2.21 bits per heavy atom. The van der Waals surface area contributed by atoms with Gasteiger partial charge in [-0.05, 0) is 24.8 Å². The molecule has 0 heterocycles. The SMILES string of the molecule is CC.COCCCCc1ccccc1. The second kappa shape index (κ2) is 10.3. The minimum Gasteiger partial charge on any atom is -0.385 e. The van der Waals surface area contributed by atoms with Gasteiger partial charge in [0.25, 0.3) is 0 Å². The number of aryl methyl sites for hydroxylation is 1. The standard InChI is InChI=1S/C11H16O.C2H6/c1-12-10-6-5-9-11-7-3-2-4-8-11;1-2/h2-4,7-8H,5-6,9-10H2,1H3;1-2H3. The lowest BCUT2D eigenvalue weighted by molar-refractivity contribution is 0.193. The molecular formula is C13H22O. The first kappa shape index (κ1) is 13.2. The van der Waals surface area contributed by atoms with Crippen LogP contribution in [-0.2, 0) is 11.2 Å². The summed E-state index contributed by atoms with van der Waals surface area (Å²) in [6, 6.07) is 10.6. The van der Waals surface area contributed by atoms with Crippen molar-refractivity contribution in [1.82, 2.24) is 0 Å². The van der Waals surface area contributed by atoms with Gasteiger partial charge in [0.15, 0.2) is 0 Å². The molecule has 0 aliphatic carbocycles. The van der Waals surface area contributed by atoms with Crippen molar-refractivity contribution in [2.24, 2.45) is 0 Å². The highest BCUT2D eigenvalue weighted by Gasteiger charge is 1.90. The summed E-state index contributed by atoms with van der Waals surface area (Å²) >= 11 is 0. The van der Waals surface area contributed by atoms with E-state index in [0.29, 0.717) is 0 Å². The van der Waals surface area contributed by atoms with Gasteiger partial charge < -0.3 is 4.74 Å². The summed E-state index contributed by atoms with van der Waals surface area (Å²) < 4.78 is 4.98. The van der Waals surface area contributed by atoms with Crippen molar-refractivity contribution in [3.63, 3.8) is 0 Å². The zero-order chi connectivity index (χ0) is 10.6. The van der Waals surface area contributed by atoms with Gasteiger partial charge in [-0.3, -0.25) is 0 Å². The fraction of sp³-hybridized carbons (Fsp3) is 0.538. The third-order valence-electron chi connectivity index (χ3n) is 1.91. The van der Waals surface area contributed by atoms with Crippen molar-refractivity contribution in [3.8, 4) is 0 Å². The van der Waals surface area contributed by atoms with E-state index in [1.54, 1.807) is 7.11 Å². The quantitative estimate of drug-likeness (QED) is 0.650. The van der Waals surface area contributed by atoms with E-state index in [0.717, 1.165) is 13.0 Å². The molecule has 0 fully saturated rings. The molecular weight excluding hydrogens is 172 g/mol. The maximum Gasteiger partial charge on any atom is 0.0462 e. The van der Waals surface area contributed by atoms with Crippen molar-refractivity contribution in [1.29, 1.82) is 0 Å². The topological polar surface area (TPSA) is 9.23 Å². The van der Waals surface area contributed by atoms with Gasteiger partial charge >= 0.3 is 0 Å². The zero-order valence-electron chi connectivity index (χ0n) is 9.62.